The number of aromatic nitrogens is 1. The Morgan fingerprint density at radius 2 is 1.69 bits per heavy atom. The quantitative estimate of drug-likeness (QED) is 0.361. The highest BCUT2D eigenvalue weighted by Crippen LogP contribution is 2.27. The lowest BCUT2D eigenvalue weighted by Gasteiger charge is -2.29. The van der Waals surface area contributed by atoms with Crippen LogP contribution in [0.1, 0.15) is 29.8 Å². The minimum atomic E-state index is -1.30. The van der Waals surface area contributed by atoms with E-state index in [1.165, 1.54) is 20.0 Å². The van der Waals surface area contributed by atoms with Crippen LogP contribution in [0.25, 0.3) is 22.2 Å². The first kappa shape index (κ1) is 21.0. The standard InChI is InChI=1S/C24H20N2O6/c1-13-4-9-19-16(10-13)17(21(27)28)11-20(26-19)14-5-7-15(8-6-14)25-12-18-22(29)31-24(2,3)32-23(18)30/h4-12,25H,1-3H3,(H,27,28). The van der Waals surface area contributed by atoms with Crippen molar-refractivity contribution in [3.05, 3.63) is 71.4 Å². The number of ether oxygens (including phenoxy) is 2. The first-order valence-corrected chi connectivity index (χ1v) is 9.81. The molecule has 2 N–H and O–H groups in total. The molecule has 0 aliphatic carbocycles. The Labute approximate surface area is 183 Å². The average Bonchev–Trinajstić information content (AvgIpc) is 2.72. The summed E-state index contributed by atoms with van der Waals surface area (Å²) in [5.74, 6) is -3.86. The number of nitrogens with one attached hydrogen (secondary N) is 1. The van der Waals surface area contributed by atoms with E-state index in [9.17, 15) is 19.5 Å². The lowest BCUT2D eigenvalue weighted by Crippen LogP contribution is -2.42. The van der Waals surface area contributed by atoms with Gasteiger partial charge in [0.1, 0.15) is 0 Å². The number of fused-ring (bicyclic) bond motifs is 1. The highest BCUT2D eigenvalue weighted by molar-refractivity contribution is 6.15. The van der Waals surface area contributed by atoms with Crippen molar-refractivity contribution in [2.24, 2.45) is 0 Å². The maximum absolute atomic E-state index is 12.0. The third-order valence-corrected chi connectivity index (χ3v) is 4.88. The molecule has 1 saturated heterocycles. The number of rotatable bonds is 4. The van der Waals surface area contributed by atoms with Gasteiger partial charge in [-0.25, -0.2) is 19.4 Å². The molecule has 3 aromatic rings. The molecule has 0 unspecified atom stereocenters. The molecule has 1 aromatic heterocycles. The Morgan fingerprint density at radius 3 is 2.31 bits per heavy atom. The molecule has 8 heteroatoms. The van der Waals surface area contributed by atoms with Crippen molar-refractivity contribution >= 4 is 34.5 Å². The third kappa shape index (κ3) is 4.15. The first-order chi connectivity index (χ1) is 15.1. The van der Waals surface area contributed by atoms with Gasteiger partial charge in [-0.2, -0.15) is 0 Å². The van der Waals surface area contributed by atoms with Gasteiger partial charge < -0.3 is 19.9 Å². The number of anilines is 1. The average molecular weight is 432 g/mol. The summed E-state index contributed by atoms with van der Waals surface area (Å²) in [5, 5.41) is 13.1. The van der Waals surface area contributed by atoms with Gasteiger partial charge in [-0.05, 0) is 37.3 Å². The van der Waals surface area contributed by atoms with E-state index in [1.807, 2.05) is 13.0 Å². The van der Waals surface area contributed by atoms with E-state index in [0.717, 1.165) is 5.56 Å². The molecular formula is C24H20N2O6. The molecule has 1 aliphatic rings. The molecule has 2 heterocycles. The van der Waals surface area contributed by atoms with Gasteiger partial charge >= 0.3 is 17.9 Å². The monoisotopic (exact) mass is 432 g/mol. The predicted octanol–water partition coefficient (Wildman–Crippen LogP) is 4.04. The molecule has 162 valence electrons. The van der Waals surface area contributed by atoms with Crippen molar-refractivity contribution in [3.63, 3.8) is 0 Å². The number of pyridine rings is 1. The molecule has 8 nitrogen and oxygen atoms in total. The van der Waals surface area contributed by atoms with Gasteiger partial charge in [0.2, 0.25) is 0 Å². The van der Waals surface area contributed by atoms with Crippen LogP contribution in [-0.2, 0) is 19.1 Å². The number of esters is 2. The summed E-state index contributed by atoms with van der Waals surface area (Å²) in [6.07, 6.45) is 1.23. The summed E-state index contributed by atoms with van der Waals surface area (Å²) in [5.41, 5.74) is 3.31. The molecule has 0 radical (unpaired) electrons. The number of carboxylic acid groups (broad SMARTS) is 1. The number of hydrogen-bond acceptors (Lipinski definition) is 7. The van der Waals surface area contributed by atoms with Crippen molar-refractivity contribution in [3.8, 4) is 11.3 Å². The third-order valence-electron chi connectivity index (χ3n) is 4.88. The van der Waals surface area contributed by atoms with Crippen molar-refractivity contribution in [1.29, 1.82) is 0 Å². The molecule has 0 amide bonds. The lowest BCUT2D eigenvalue weighted by atomic mass is 10.0. The molecule has 2 aromatic carbocycles. The number of aromatic carboxylic acids is 1. The van der Waals surface area contributed by atoms with Gasteiger partial charge in [-0.1, -0.05) is 23.8 Å². The first-order valence-electron chi connectivity index (χ1n) is 9.81. The van der Waals surface area contributed by atoms with Gasteiger partial charge in [0, 0.05) is 36.7 Å². The molecule has 0 bridgehead atoms. The van der Waals surface area contributed by atoms with Crippen LogP contribution in [0, 0.1) is 6.92 Å². The number of cyclic esters (lactones) is 2. The number of nitrogens with zero attached hydrogens (tertiary/aromatic N) is 1. The minimum absolute atomic E-state index is 0.179. The Kier molecular flexibility index (Phi) is 5.14. The molecule has 0 atom stereocenters. The predicted molar refractivity (Wildman–Crippen MR) is 117 cm³/mol. The number of carbonyl (C=O) groups is 3. The number of carbonyl (C=O) groups excluding carboxylic acids is 2. The number of benzene rings is 2. The van der Waals surface area contributed by atoms with Crippen molar-refractivity contribution < 1.29 is 29.0 Å². The van der Waals surface area contributed by atoms with Crippen LogP contribution in [0.2, 0.25) is 0 Å². The van der Waals surface area contributed by atoms with Crippen LogP contribution in [0.4, 0.5) is 5.69 Å². The van der Waals surface area contributed by atoms with Crippen LogP contribution in [-0.4, -0.2) is 33.8 Å². The molecule has 4 rings (SSSR count). The molecule has 0 spiro atoms. The fourth-order valence-corrected chi connectivity index (χ4v) is 3.34. The molecular weight excluding hydrogens is 412 g/mol. The van der Waals surface area contributed by atoms with Crippen LogP contribution in [0.15, 0.2) is 60.3 Å². The van der Waals surface area contributed by atoms with Crippen molar-refractivity contribution in [1.82, 2.24) is 4.98 Å². The maximum atomic E-state index is 12.0. The van der Waals surface area contributed by atoms with Crippen LogP contribution < -0.4 is 5.32 Å². The second-order valence-electron chi connectivity index (χ2n) is 7.84. The topological polar surface area (TPSA) is 115 Å². The van der Waals surface area contributed by atoms with Gasteiger partial charge in [0.25, 0.3) is 5.79 Å². The zero-order valence-corrected chi connectivity index (χ0v) is 17.6. The van der Waals surface area contributed by atoms with Gasteiger partial charge in [-0.15, -0.1) is 0 Å². The summed E-state index contributed by atoms with van der Waals surface area (Å²) in [7, 11) is 0. The molecule has 1 fully saturated rings. The highest BCUT2D eigenvalue weighted by Gasteiger charge is 2.38. The smallest absolute Gasteiger partial charge is 0.350 e. The summed E-state index contributed by atoms with van der Waals surface area (Å²) >= 11 is 0. The Balaban J connectivity index is 1.60. The fraction of sp³-hybridized carbons (Fsp3) is 0.167. The summed E-state index contributed by atoms with van der Waals surface area (Å²) < 4.78 is 10.1. The van der Waals surface area contributed by atoms with E-state index in [-0.39, 0.29) is 11.1 Å². The van der Waals surface area contributed by atoms with E-state index in [4.69, 9.17) is 9.47 Å². The molecule has 1 aliphatic heterocycles. The van der Waals surface area contributed by atoms with Gasteiger partial charge in [0.15, 0.2) is 5.57 Å². The Bertz CT molecular complexity index is 1270. The van der Waals surface area contributed by atoms with Gasteiger partial charge in [-0.3, -0.25) is 0 Å². The summed E-state index contributed by atoms with van der Waals surface area (Å²) in [4.78, 5) is 40.4. The number of aryl methyl sites for hydroxylation is 1. The largest absolute Gasteiger partial charge is 0.478 e. The van der Waals surface area contributed by atoms with Gasteiger partial charge in [0.05, 0.1) is 16.8 Å². The molecule has 32 heavy (non-hydrogen) atoms. The second-order valence-corrected chi connectivity index (χ2v) is 7.84. The van der Waals surface area contributed by atoms with Crippen LogP contribution >= 0.6 is 0 Å². The van der Waals surface area contributed by atoms with E-state index in [0.29, 0.717) is 27.8 Å². The molecule has 0 saturated carbocycles. The highest BCUT2D eigenvalue weighted by atomic mass is 16.7. The summed E-state index contributed by atoms with van der Waals surface area (Å²) in [6.45, 7) is 4.85. The van der Waals surface area contributed by atoms with E-state index < -0.39 is 23.7 Å². The number of carboxylic acids is 1. The van der Waals surface area contributed by atoms with E-state index in [2.05, 4.69) is 10.3 Å². The van der Waals surface area contributed by atoms with Crippen LogP contribution in [0.3, 0.4) is 0 Å². The normalized spacial score (nSPS) is 15.2. The van der Waals surface area contributed by atoms with Crippen LogP contribution in [0.5, 0.6) is 0 Å². The Morgan fingerprint density at radius 1 is 1.03 bits per heavy atom. The minimum Gasteiger partial charge on any atom is -0.478 e. The SMILES string of the molecule is Cc1ccc2nc(-c3ccc(NC=C4C(=O)OC(C)(C)OC4=O)cc3)cc(C(=O)O)c2c1. The fourth-order valence-electron chi connectivity index (χ4n) is 3.34. The van der Waals surface area contributed by atoms with E-state index >= 15 is 0 Å². The number of hydrogen-bond donors (Lipinski definition) is 2. The zero-order valence-electron chi connectivity index (χ0n) is 17.6. The summed E-state index contributed by atoms with van der Waals surface area (Å²) in [6, 6.07) is 14.0. The lowest BCUT2D eigenvalue weighted by molar-refractivity contribution is -0.222. The van der Waals surface area contributed by atoms with Crippen molar-refractivity contribution in [2.75, 3.05) is 5.32 Å². The zero-order chi connectivity index (χ0) is 23.0. The maximum Gasteiger partial charge on any atom is 0.350 e. The van der Waals surface area contributed by atoms with Crippen molar-refractivity contribution in [2.45, 2.75) is 26.6 Å². The Hall–Kier alpha value is -4.20. The van der Waals surface area contributed by atoms with E-state index in [1.54, 1.807) is 42.5 Å². The second kappa shape index (κ2) is 7.81.